The molecular formula is C16H14S2. The zero-order valence-corrected chi connectivity index (χ0v) is 12.1. The van der Waals surface area contributed by atoms with Crippen molar-refractivity contribution in [2.75, 3.05) is 0 Å². The lowest BCUT2D eigenvalue weighted by molar-refractivity contribution is 1.37. The maximum absolute atomic E-state index is 2.26. The first-order chi connectivity index (χ1) is 8.72. The molecule has 3 rings (SSSR count). The number of fused-ring (bicyclic) bond motifs is 1. The maximum Gasteiger partial charge on any atom is 0.0357 e. The lowest BCUT2D eigenvalue weighted by atomic mass is 10.2. The van der Waals surface area contributed by atoms with Crippen LogP contribution in [0.2, 0.25) is 0 Å². The summed E-state index contributed by atoms with van der Waals surface area (Å²) in [4.78, 5) is 2.67. The van der Waals surface area contributed by atoms with Crippen LogP contribution >= 0.6 is 23.1 Å². The monoisotopic (exact) mass is 270 g/mol. The number of thiophene rings is 1. The average Bonchev–Trinajstić information content (AvgIpc) is 2.74. The van der Waals surface area contributed by atoms with Gasteiger partial charge in [-0.2, -0.15) is 0 Å². The van der Waals surface area contributed by atoms with Gasteiger partial charge in [0.1, 0.15) is 0 Å². The van der Waals surface area contributed by atoms with Crippen molar-refractivity contribution in [3.63, 3.8) is 0 Å². The molecule has 0 radical (unpaired) electrons. The number of rotatable bonds is 2. The Bertz CT molecular complexity index is 678. The second kappa shape index (κ2) is 4.79. The molecule has 0 N–H and O–H groups in total. The van der Waals surface area contributed by atoms with Crippen LogP contribution in [-0.2, 0) is 0 Å². The smallest absolute Gasteiger partial charge is 0.0357 e. The number of hydrogen-bond donors (Lipinski definition) is 0. The van der Waals surface area contributed by atoms with Crippen molar-refractivity contribution in [3.05, 3.63) is 59.0 Å². The molecule has 0 saturated heterocycles. The van der Waals surface area contributed by atoms with Crippen LogP contribution in [-0.4, -0.2) is 0 Å². The molecule has 1 aromatic heterocycles. The number of benzene rings is 2. The van der Waals surface area contributed by atoms with Crippen LogP contribution in [0.25, 0.3) is 10.1 Å². The van der Waals surface area contributed by atoms with Crippen LogP contribution < -0.4 is 0 Å². The highest BCUT2D eigenvalue weighted by molar-refractivity contribution is 7.99. The Morgan fingerprint density at radius 1 is 0.889 bits per heavy atom. The summed E-state index contributed by atoms with van der Waals surface area (Å²) in [5, 5.41) is 3.63. The van der Waals surface area contributed by atoms with Crippen molar-refractivity contribution in [2.24, 2.45) is 0 Å². The van der Waals surface area contributed by atoms with E-state index in [2.05, 4.69) is 61.7 Å². The molecule has 1 heterocycles. The van der Waals surface area contributed by atoms with E-state index in [0.717, 1.165) is 0 Å². The third-order valence-electron chi connectivity index (χ3n) is 2.94. The second-order valence-electron chi connectivity index (χ2n) is 4.51. The molecule has 0 aliphatic rings. The van der Waals surface area contributed by atoms with E-state index in [-0.39, 0.29) is 0 Å². The van der Waals surface area contributed by atoms with Crippen LogP contribution in [0.5, 0.6) is 0 Å². The van der Waals surface area contributed by atoms with Crippen LogP contribution in [0.15, 0.2) is 57.6 Å². The molecule has 0 saturated carbocycles. The molecule has 0 unspecified atom stereocenters. The Hall–Kier alpha value is -1.25. The normalized spacial score (nSPS) is 11.0. The molecule has 2 aromatic carbocycles. The summed E-state index contributed by atoms with van der Waals surface area (Å²) in [7, 11) is 0. The molecule has 0 bridgehead atoms. The van der Waals surface area contributed by atoms with Crippen LogP contribution in [0.3, 0.4) is 0 Å². The van der Waals surface area contributed by atoms with Gasteiger partial charge in [-0.25, -0.2) is 0 Å². The Labute approximate surface area is 116 Å². The number of hydrogen-bond acceptors (Lipinski definition) is 2. The van der Waals surface area contributed by atoms with E-state index in [0.29, 0.717) is 0 Å². The van der Waals surface area contributed by atoms with Crippen LogP contribution in [0.4, 0.5) is 0 Å². The molecule has 0 aliphatic carbocycles. The van der Waals surface area contributed by atoms with Gasteiger partial charge in [0.2, 0.25) is 0 Å². The van der Waals surface area contributed by atoms with E-state index in [1.165, 1.54) is 31.0 Å². The summed E-state index contributed by atoms with van der Waals surface area (Å²) in [6.45, 7) is 4.27. The van der Waals surface area contributed by atoms with Gasteiger partial charge in [-0.3, -0.25) is 0 Å². The van der Waals surface area contributed by atoms with Gasteiger partial charge >= 0.3 is 0 Å². The second-order valence-corrected chi connectivity index (χ2v) is 6.54. The molecule has 0 nitrogen and oxygen atoms in total. The zero-order chi connectivity index (χ0) is 12.5. The zero-order valence-electron chi connectivity index (χ0n) is 10.4. The first-order valence-electron chi connectivity index (χ1n) is 5.95. The van der Waals surface area contributed by atoms with E-state index >= 15 is 0 Å². The van der Waals surface area contributed by atoms with Gasteiger partial charge in [0.15, 0.2) is 0 Å². The van der Waals surface area contributed by atoms with Crippen LogP contribution in [0, 0.1) is 13.8 Å². The molecule has 2 heteroatoms. The lowest BCUT2D eigenvalue weighted by Gasteiger charge is -2.01. The van der Waals surface area contributed by atoms with Gasteiger partial charge < -0.3 is 0 Å². The summed E-state index contributed by atoms with van der Waals surface area (Å²) in [5.41, 5.74) is 2.64. The first-order valence-corrected chi connectivity index (χ1v) is 7.64. The minimum Gasteiger partial charge on any atom is -0.143 e. The molecule has 90 valence electrons. The maximum atomic E-state index is 2.26. The highest BCUT2D eigenvalue weighted by Gasteiger charge is 2.05. The highest BCUT2D eigenvalue weighted by Crippen LogP contribution is 2.37. The van der Waals surface area contributed by atoms with Crippen molar-refractivity contribution in [1.29, 1.82) is 0 Å². The van der Waals surface area contributed by atoms with Crippen molar-refractivity contribution in [2.45, 2.75) is 23.6 Å². The largest absolute Gasteiger partial charge is 0.143 e. The average molecular weight is 270 g/mol. The van der Waals surface area contributed by atoms with E-state index in [9.17, 15) is 0 Å². The van der Waals surface area contributed by atoms with Gasteiger partial charge in [-0.1, -0.05) is 41.6 Å². The van der Waals surface area contributed by atoms with Crippen molar-refractivity contribution in [1.82, 2.24) is 0 Å². The van der Waals surface area contributed by atoms with E-state index in [1.807, 2.05) is 23.1 Å². The van der Waals surface area contributed by atoms with Gasteiger partial charge in [-0.05, 0) is 37.6 Å². The minimum absolute atomic E-state index is 1.31. The van der Waals surface area contributed by atoms with Gasteiger partial charge in [0.25, 0.3) is 0 Å². The molecule has 0 atom stereocenters. The third kappa shape index (κ3) is 2.31. The standard InChI is InChI=1S/C16H14S2/c1-11-3-6-13(7-4-11)18-16-10-17-15-9-12(2)5-8-14(15)16/h3-10H,1-2H3. The quantitative estimate of drug-likeness (QED) is 0.578. The molecule has 0 amide bonds. The molecule has 3 aromatic rings. The highest BCUT2D eigenvalue weighted by atomic mass is 32.2. The molecule has 0 fully saturated rings. The SMILES string of the molecule is Cc1ccc(Sc2csc3cc(C)ccc23)cc1. The molecule has 0 spiro atoms. The summed E-state index contributed by atoms with van der Waals surface area (Å²) in [6.07, 6.45) is 0. The molecule has 18 heavy (non-hydrogen) atoms. The Balaban J connectivity index is 1.97. The van der Waals surface area contributed by atoms with Crippen molar-refractivity contribution < 1.29 is 0 Å². The van der Waals surface area contributed by atoms with E-state index in [4.69, 9.17) is 0 Å². The summed E-state index contributed by atoms with van der Waals surface area (Å²) in [5.74, 6) is 0. The van der Waals surface area contributed by atoms with E-state index in [1.54, 1.807) is 0 Å². The topological polar surface area (TPSA) is 0 Å². The fraction of sp³-hybridized carbons (Fsp3) is 0.125. The molecular weight excluding hydrogens is 256 g/mol. The third-order valence-corrected chi connectivity index (χ3v) is 5.10. The fourth-order valence-electron chi connectivity index (χ4n) is 1.92. The van der Waals surface area contributed by atoms with Gasteiger partial charge in [0, 0.05) is 25.3 Å². The molecule has 0 aliphatic heterocycles. The summed E-state index contributed by atoms with van der Waals surface area (Å²) in [6, 6.07) is 15.4. The Morgan fingerprint density at radius 2 is 1.61 bits per heavy atom. The van der Waals surface area contributed by atoms with Crippen molar-refractivity contribution in [3.8, 4) is 0 Å². The first kappa shape index (κ1) is 11.8. The summed E-state index contributed by atoms with van der Waals surface area (Å²) >= 11 is 3.68. The Morgan fingerprint density at radius 3 is 2.39 bits per heavy atom. The predicted molar refractivity (Wildman–Crippen MR) is 81.9 cm³/mol. The van der Waals surface area contributed by atoms with Gasteiger partial charge in [0.05, 0.1) is 0 Å². The summed E-state index contributed by atoms with van der Waals surface area (Å²) < 4.78 is 1.38. The van der Waals surface area contributed by atoms with Crippen LogP contribution in [0.1, 0.15) is 11.1 Å². The lowest BCUT2D eigenvalue weighted by Crippen LogP contribution is -1.74. The Kier molecular flexibility index (Phi) is 3.14. The minimum atomic E-state index is 1.31. The predicted octanol–water partition coefficient (Wildman–Crippen LogP) is 5.67. The fourth-order valence-corrected chi connectivity index (χ4v) is 4.06. The number of aryl methyl sites for hydroxylation is 2. The van der Waals surface area contributed by atoms with Crippen molar-refractivity contribution >= 4 is 33.2 Å². The van der Waals surface area contributed by atoms with Gasteiger partial charge in [-0.15, -0.1) is 11.3 Å². The van der Waals surface area contributed by atoms with E-state index < -0.39 is 0 Å².